The number of benzene rings is 1. The molecule has 0 spiro atoms. The number of rotatable bonds is 5. The van der Waals surface area contributed by atoms with Gasteiger partial charge in [-0.1, -0.05) is 12.2 Å². The van der Waals surface area contributed by atoms with Crippen LogP contribution in [0, 0.1) is 0 Å². The molecule has 0 radical (unpaired) electrons. The lowest BCUT2D eigenvalue weighted by Gasteiger charge is -2.30. The van der Waals surface area contributed by atoms with Crippen molar-refractivity contribution in [1.29, 1.82) is 0 Å². The Labute approximate surface area is 152 Å². The number of nitrogens with two attached hydrogens (primary N) is 1. The lowest BCUT2D eigenvalue weighted by Crippen LogP contribution is -2.27. The highest BCUT2D eigenvalue weighted by atomic mass is 32.2. The van der Waals surface area contributed by atoms with Crippen LogP contribution >= 0.6 is 11.8 Å². The molecule has 2 heterocycles. The molecule has 5 nitrogen and oxygen atoms in total. The van der Waals surface area contributed by atoms with Crippen molar-refractivity contribution in [1.82, 2.24) is 9.97 Å². The van der Waals surface area contributed by atoms with Gasteiger partial charge in [0.15, 0.2) is 0 Å². The van der Waals surface area contributed by atoms with Gasteiger partial charge in [-0.15, -0.1) is 24.9 Å². The van der Waals surface area contributed by atoms with E-state index in [-0.39, 0.29) is 17.1 Å². The van der Waals surface area contributed by atoms with Crippen LogP contribution in [0.15, 0.2) is 61.0 Å². The summed E-state index contributed by atoms with van der Waals surface area (Å²) in [4.78, 5) is 9.97. The Morgan fingerprint density at radius 3 is 2.62 bits per heavy atom. The molecule has 1 unspecified atom stereocenters. The van der Waals surface area contributed by atoms with Crippen molar-refractivity contribution < 1.29 is 17.9 Å². The summed E-state index contributed by atoms with van der Waals surface area (Å²) in [5.74, 6) is 0.583. The number of thioether (sulfide) groups is 1. The van der Waals surface area contributed by atoms with Crippen LogP contribution in [0.4, 0.5) is 24.8 Å². The van der Waals surface area contributed by atoms with Crippen molar-refractivity contribution in [3.8, 4) is 5.75 Å². The number of hydrogen-bond acceptors (Lipinski definition) is 6. The van der Waals surface area contributed by atoms with E-state index in [0.29, 0.717) is 5.75 Å². The second-order valence-electron chi connectivity index (χ2n) is 5.28. The average molecular weight is 380 g/mol. The molecule has 0 amide bonds. The van der Waals surface area contributed by atoms with Crippen LogP contribution in [-0.4, -0.2) is 21.7 Å². The molecule has 2 N–H and O–H groups in total. The molecule has 0 saturated heterocycles. The summed E-state index contributed by atoms with van der Waals surface area (Å²) in [7, 11) is 0. The largest absolute Gasteiger partial charge is 0.573 e. The summed E-state index contributed by atoms with van der Waals surface area (Å²) in [5, 5.41) is -0.0365. The molecule has 0 bridgehead atoms. The minimum Gasteiger partial charge on any atom is -0.406 e. The zero-order valence-corrected chi connectivity index (χ0v) is 14.2. The van der Waals surface area contributed by atoms with Crippen LogP contribution in [0.25, 0.3) is 0 Å². The van der Waals surface area contributed by atoms with Gasteiger partial charge in [-0.2, -0.15) is 0 Å². The molecule has 1 aromatic carbocycles. The van der Waals surface area contributed by atoms with Gasteiger partial charge in [0, 0.05) is 23.8 Å². The smallest absolute Gasteiger partial charge is 0.406 e. The highest BCUT2D eigenvalue weighted by molar-refractivity contribution is 7.99. The predicted molar refractivity (Wildman–Crippen MR) is 95.4 cm³/mol. The first-order valence-electron chi connectivity index (χ1n) is 7.59. The molecule has 3 rings (SSSR count). The molecule has 1 aliphatic rings. The van der Waals surface area contributed by atoms with E-state index in [1.165, 1.54) is 12.1 Å². The second kappa shape index (κ2) is 7.69. The number of nitrogen functional groups attached to an aromatic ring is 1. The molecular formula is C17H15F3N4OS. The van der Waals surface area contributed by atoms with Gasteiger partial charge in [0.05, 0.1) is 11.1 Å². The molecule has 136 valence electrons. The number of halogens is 3. The van der Waals surface area contributed by atoms with Gasteiger partial charge in [0.1, 0.15) is 5.75 Å². The third-order valence-electron chi connectivity index (χ3n) is 3.41. The Morgan fingerprint density at radius 1 is 1.15 bits per heavy atom. The molecule has 0 fully saturated rings. The molecular weight excluding hydrogens is 365 g/mol. The first-order chi connectivity index (χ1) is 12.4. The van der Waals surface area contributed by atoms with Crippen molar-refractivity contribution in [2.24, 2.45) is 0 Å². The number of anilines is 2. The number of hydrogen-bond donors (Lipinski definition) is 1. The predicted octanol–water partition coefficient (Wildman–Crippen LogP) is 4.11. The van der Waals surface area contributed by atoms with Crippen molar-refractivity contribution in [3.05, 3.63) is 66.7 Å². The van der Waals surface area contributed by atoms with Crippen LogP contribution in [0.1, 0.15) is 5.69 Å². The first-order valence-corrected chi connectivity index (χ1v) is 8.64. The summed E-state index contributed by atoms with van der Waals surface area (Å²) >= 11 is 1.61. The Morgan fingerprint density at radius 2 is 1.92 bits per heavy atom. The quantitative estimate of drug-likeness (QED) is 0.842. The Kier molecular flexibility index (Phi) is 5.36. The van der Waals surface area contributed by atoms with Gasteiger partial charge >= 0.3 is 6.36 Å². The minimum absolute atomic E-state index is 0.0365. The topological polar surface area (TPSA) is 64.3 Å². The van der Waals surface area contributed by atoms with Crippen LogP contribution in [0.3, 0.4) is 0 Å². The summed E-state index contributed by atoms with van der Waals surface area (Å²) in [6.07, 6.45) is 4.55. The van der Waals surface area contributed by atoms with Gasteiger partial charge in [0.2, 0.25) is 5.95 Å². The number of aromatic nitrogens is 2. The SMILES string of the molecule is Nc1nccc(CSC2C=CC=CN2c2ccc(OC(F)(F)F)cc2)n1. The van der Waals surface area contributed by atoms with Crippen LogP contribution in [0.5, 0.6) is 5.75 Å². The number of alkyl halides is 3. The van der Waals surface area contributed by atoms with Gasteiger partial charge < -0.3 is 15.4 Å². The molecule has 1 aromatic heterocycles. The molecule has 0 saturated carbocycles. The van der Waals surface area contributed by atoms with Crippen molar-refractivity contribution in [2.75, 3.05) is 10.6 Å². The second-order valence-corrected chi connectivity index (χ2v) is 6.39. The fourth-order valence-corrected chi connectivity index (χ4v) is 3.39. The summed E-state index contributed by atoms with van der Waals surface area (Å²) in [6.45, 7) is 0. The summed E-state index contributed by atoms with van der Waals surface area (Å²) in [5.41, 5.74) is 7.14. The molecule has 2 aromatic rings. The van der Waals surface area contributed by atoms with Crippen LogP contribution < -0.4 is 15.4 Å². The summed E-state index contributed by atoms with van der Waals surface area (Å²) < 4.78 is 40.7. The van der Waals surface area contributed by atoms with Crippen LogP contribution in [-0.2, 0) is 5.75 Å². The zero-order chi connectivity index (χ0) is 18.6. The molecule has 0 aliphatic carbocycles. The maximum absolute atomic E-state index is 12.3. The van der Waals surface area contributed by atoms with Crippen LogP contribution in [0.2, 0.25) is 0 Å². The molecule has 9 heteroatoms. The van der Waals surface area contributed by atoms with E-state index in [4.69, 9.17) is 5.73 Å². The summed E-state index contributed by atoms with van der Waals surface area (Å²) in [6, 6.07) is 7.55. The van der Waals surface area contributed by atoms with Gasteiger partial charge in [-0.05, 0) is 36.4 Å². The van der Waals surface area contributed by atoms with E-state index >= 15 is 0 Å². The van der Waals surface area contributed by atoms with E-state index in [0.717, 1.165) is 11.4 Å². The molecule has 26 heavy (non-hydrogen) atoms. The number of allylic oxidation sites excluding steroid dienone is 2. The van der Waals surface area contributed by atoms with E-state index < -0.39 is 6.36 Å². The Balaban J connectivity index is 1.69. The molecule has 1 aliphatic heterocycles. The van der Waals surface area contributed by atoms with E-state index in [2.05, 4.69) is 14.7 Å². The fourth-order valence-electron chi connectivity index (χ4n) is 2.33. The standard InChI is InChI=1S/C17H15F3N4OS/c18-17(19,20)25-14-6-4-13(5-7-14)24-10-2-1-3-15(24)26-11-12-8-9-22-16(21)23-12/h1-10,15H,11H2,(H2,21,22,23). The highest BCUT2D eigenvalue weighted by Crippen LogP contribution is 2.31. The van der Waals surface area contributed by atoms with Crippen molar-refractivity contribution >= 4 is 23.4 Å². The maximum Gasteiger partial charge on any atom is 0.573 e. The highest BCUT2D eigenvalue weighted by Gasteiger charge is 2.31. The average Bonchev–Trinajstić information content (AvgIpc) is 2.60. The lowest BCUT2D eigenvalue weighted by atomic mass is 10.2. The van der Waals surface area contributed by atoms with E-state index in [1.807, 2.05) is 29.3 Å². The minimum atomic E-state index is -4.70. The molecule has 1 atom stereocenters. The van der Waals surface area contributed by atoms with Crippen molar-refractivity contribution in [3.63, 3.8) is 0 Å². The van der Waals surface area contributed by atoms with Crippen molar-refractivity contribution in [2.45, 2.75) is 17.5 Å². The van der Waals surface area contributed by atoms with Gasteiger partial charge in [-0.25, -0.2) is 9.97 Å². The zero-order valence-electron chi connectivity index (χ0n) is 13.4. The normalized spacial score (nSPS) is 16.7. The Bertz CT molecular complexity index is 808. The fraction of sp³-hybridized carbons (Fsp3) is 0.176. The van der Waals surface area contributed by atoms with Gasteiger partial charge in [0.25, 0.3) is 0 Å². The maximum atomic E-state index is 12.3. The lowest BCUT2D eigenvalue weighted by molar-refractivity contribution is -0.274. The first kappa shape index (κ1) is 18.1. The number of ether oxygens (including phenoxy) is 1. The third-order valence-corrected chi connectivity index (χ3v) is 4.60. The third kappa shape index (κ3) is 4.92. The van der Waals surface area contributed by atoms with E-state index in [9.17, 15) is 13.2 Å². The Hall–Kier alpha value is -2.68. The number of nitrogens with zero attached hydrogens (tertiary/aromatic N) is 3. The monoisotopic (exact) mass is 380 g/mol. The van der Waals surface area contributed by atoms with Gasteiger partial charge in [-0.3, -0.25) is 0 Å². The van der Waals surface area contributed by atoms with E-state index in [1.54, 1.807) is 36.2 Å².